The van der Waals surface area contributed by atoms with E-state index in [0.29, 0.717) is 0 Å². The Morgan fingerprint density at radius 2 is 0.481 bits per heavy atom. The summed E-state index contributed by atoms with van der Waals surface area (Å²) in [5.41, 5.74) is 13.6. The molecule has 0 heterocycles. The highest BCUT2D eigenvalue weighted by atomic mass is 79.9. The van der Waals surface area contributed by atoms with Crippen molar-refractivity contribution < 1.29 is 9.14 Å². The van der Waals surface area contributed by atoms with E-state index in [0.717, 1.165) is 15.3 Å². The summed E-state index contributed by atoms with van der Waals surface area (Å²) in [5.74, 6) is 0. The SMILES string of the molecule is Brc1ccc2c(-c3cccc4ccccc34)c3ccccc3c(-c3cccc4ccccc34)c2c1.[B]OB(O[B])c1ccc2ccc3cccc4ccc1c2c34.c1ccc2c(-c3c4ccccc4c(-c4cccc5ccccc45)c4cc(-c5ccc6ccc7cccc8ccc5c6c78)ccc34)cccc2c1. The van der Waals surface area contributed by atoms with Gasteiger partial charge in [0.2, 0.25) is 0 Å². The van der Waals surface area contributed by atoms with Crippen LogP contribution >= 0.6 is 15.9 Å². The molecule has 22 aromatic carbocycles. The largest absolute Gasteiger partial charge is 0.480 e. The molecule has 0 bridgehead atoms. The third-order valence-electron chi connectivity index (χ3n) is 22.1. The summed E-state index contributed by atoms with van der Waals surface area (Å²) in [5, 5.41) is 35.2. The van der Waals surface area contributed by atoms with Gasteiger partial charge in [-0.05, 0) is 230 Å². The second kappa shape index (κ2) is 26.1. The van der Waals surface area contributed by atoms with Gasteiger partial charge in [0, 0.05) is 4.47 Å². The van der Waals surface area contributed by atoms with Crippen molar-refractivity contribution in [1.82, 2.24) is 0 Å². The Morgan fingerprint density at radius 3 is 0.906 bits per heavy atom. The number of hydrogen-bond acceptors (Lipinski definition) is 2. The lowest BCUT2D eigenvalue weighted by Gasteiger charge is -2.21. The van der Waals surface area contributed by atoms with Crippen LogP contribution in [0.2, 0.25) is 0 Å². The molecule has 0 atom stereocenters. The lowest BCUT2D eigenvalue weighted by molar-refractivity contribution is 0.491. The fourth-order valence-electron chi connectivity index (χ4n) is 17.6. The van der Waals surface area contributed by atoms with E-state index in [1.54, 1.807) is 0 Å². The molecule has 22 rings (SSSR count). The Bertz CT molecular complexity index is 7230. The van der Waals surface area contributed by atoms with E-state index in [4.69, 9.17) is 25.2 Å². The molecule has 0 aliphatic rings. The zero-order chi connectivity index (χ0) is 70.5. The maximum atomic E-state index is 5.28. The second-order valence-corrected chi connectivity index (χ2v) is 28.6. The van der Waals surface area contributed by atoms with Crippen LogP contribution in [0.1, 0.15) is 0 Å². The lowest BCUT2D eigenvalue weighted by Crippen LogP contribution is -2.36. The van der Waals surface area contributed by atoms with Crippen molar-refractivity contribution in [2.24, 2.45) is 0 Å². The quantitative estimate of drug-likeness (QED) is 0.0858. The molecule has 0 amide bonds. The first-order valence-electron chi connectivity index (χ1n) is 36.0. The first-order chi connectivity index (χ1) is 52.4. The van der Waals surface area contributed by atoms with Crippen molar-refractivity contribution in [3.05, 3.63) is 368 Å². The van der Waals surface area contributed by atoms with Gasteiger partial charge in [-0.2, -0.15) is 0 Å². The summed E-state index contributed by atoms with van der Waals surface area (Å²) in [4.78, 5) is 0. The van der Waals surface area contributed by atoms with E-state index >= 15 is 0 Å². The van der Waals surface area contributed by atoms with E-state index in [-0.39, 0.29) is 0 Å². The van der Waals surface area contributed by atoms with Crippen molar-refractivity contribution in [2.45, 2.75) is 0 Å². The summed E-state index contributed by atoms with van der Waals surface area (Å²) < 4.78 is 10.7. The third-order valence-corrected chi connectivity index (χ3v) is 22.6. The Morgan fingerprint density at radius 1 is 0.198 bits per heavy atom. The van der Waals surface area contributed by atoms with E-state index in [1.807, 2.05) is 12.1 Å². The van der Waals surface area contributed by atoms with Gasteiger partial charge in [-0.3, -0.25) is 0 Å². The standard InChI is InChI=1S/C50H30.C34H21Br.C16H9B3O2/c1-3-16-37-31(10-1)12-8-20-40(37)49-42-18-5-6-19-43(42)50(41-21-9-13-32-11-2-4-17-38(32)41)46-30-36(26-29-45(46)49)39-27-24-35-23-22-33-14-7-15-34-25-28-44(39)48(35)47(33)34;35-24-19-20-31-32(21-24)34(28-18-8-12-23-10-2-4-14-26(23)28)30-16-6-5-15-29(30)33(31)27-17-7-11-22-9-1-3-13-25(22)27;17-20-19(21-18)14-9-7-12-5-4-10-2-1-3-11-6-8-13(14)16(12)15(10)11/h1-30H;1-21H;1-9H. The van der Waals surface area contributed by atoms with Crippen LogP contribution in [0.5, 0.6) is 0 Å². The molecule has 22 aromatic rings. The summed E-state index contributed by atoms with van der Waals surface area (Å²) in [7, 11) is 9.78. The maximum Gasteiger partial charge on any atom is 0.462 e. The van der Waals surface area contributed by atoms with Gasteiger partial charge in [0.05, 0.1) is 0 Å². The third kappa shape index (κ3) is 10.3. The molecule has 0 N–H and O–H groups in total. The van der Waals surface area contributed by atoms with Gasteiger partial charge in [-0.15, -0.1) is 0 Å². The van der Waals surface area contributed by atoms with Crippen LogP contribution in [0.15, 0.2) is 368 Å². The van der Waals surface area contributed by atoms with Gasteiger partial charge in [0.25, 0.3) is 16.1 Å². The van der Waals surface area contributed by atoms with Crippen molar-refractivity contribution in [2.75, 3.05) is 0 Å². The normalized spacial score (nSPS) is 11.8. The van der Waals surface area contributed by atoms with Crippen LogP contribution in [-0.2, 0) is 9.14 Å². The van der Waals surface area contributed by atoms with Gasteiger partial charge in [0.15, 0.2) is 0 Å². The minimum absolute atomic E-state index is 0.783. The van der Waals surface area contributed by atoms with Gasteiger partial charge in [-0.25, -0.2) is 0 Å². The molecule has 0 aromatic heterocycles. The van der Waals surface area contributed by atoms with Crippen molar-refractivity contribution in [3.8, 4) is 55.6 Å². The minimum Gasteiger partial charge on any atom is -0.480 e. The Labute approximate surface area is 624 Å². The zero-order valence-electron chi connectivity index (χ0n) is 57.6. The highest BCUT2D eigenvalue weighted by Gasteiger charge is 2.25. The van der Waals surface area contributed by atoms with E-state index in [9.17, 15) is 0 Å². The molecule has 0 spiro atoms. The monoisotopic (exact) mass is 1400 g/mol. The van der Waals surface area contributed by atoms with Crippen LogP contribution in [0.3, 0.4) is 0 Å². The minimum atomic E-state index is -0.783. The predicted octanol–water partition coefficient (Wildman–Crippen LogP) is 27.1. The van der Waals surface area contributed by atoms with Crippen LogP contribution in [0.25, 0.3) is 206 Å². The Hall–Kier alpha value is -12.4. The first-order valence-corrected chi connectivity index (χ1v) is 36.8. The smallest absolute Gasteiger partial charge is 0.462 e. The van der Waals surface area contributed by atoms with Gasteiger partial charge in [0.1, 0.15) is 0 Å². The summed E-state index contributed by atoms with van der Waals surface area (Å²) in [6.07, 6.45) is 0. The zero-order valence-corrected chi connectivity index (χ0v) is 59.2. The molecule has 488 valence electrons. The average Bonchev–Trinajstić information content (AvgIpc) is 0.732. The fraction of sp³-hybridized carbons (Fsp3) is 0. The number of benzene rings is 22. The summed E-state index contributed by atoms with van der Waals surface area (Å²) >= 11 is 3.77. The van der Waals surface area contributed by atoms with E-state index in [1.165, 1.54) is 201 Å². The van der Waals surface area contributed by atoms with Gasteiger partial charge in [-0.1, -0.05) is 362 Å². The van der Waals surface area contributed by atoms with Crippen molar-refractivity contribution >= 4 is 195 Å². The average molecular weight is 1410 g/mol. The maximum absolute atomic E-state index is 5.28. The molecule has 0 aliphatic heterocycles. The number of rotatable bonds is 8. The molecule has 0 aliphatic carbocycles. The van der Waals surface area contributed by atoms with Crippen molar-refractivity contribution in [1.29, 1.82) is 0 Å². The molecule has 0 unspecified atom stereocenters. The van der Waals surface area contributed by atoms with Gasteiger partial charge >= 0.3 is 7.12 Å². The molecular formula is C100H60B3BrO2. The highest BCUT2D eigenvalue weighted by molar-refractivity contribution is 9.10. The molecule has 106 heavy (non-hydrogen) atoms. The van der Waals surface area contributed by atoms with Crippen molar-refractivity contribution in [3.63, 3.8) is 0 Å². The molecule has 0 saturated carbocycles. The van der Waals surface area contributed by atoms with Gasteiger partial charge < -0.3 is 9.14 Å². The topological polar surface area (TPSA) is 18.5 Å². The van der Waals surface area contributed by atoms with E-state index in [2.05, 4.69) is 368 Å². The summed E-state index contributed by atoms with van der Waals surface area (Å²) in [6.45, 7) is 0. The van der Waals surface area contributed by atoms with Crippen LogP contribution in [0.4, 0.5) is 0 Å². The number of halogens is 1. The molecule has 0 fully saturated rings. The predicted molar refractivity (Wildman–Crippen MR) is 461 cm³/mol. The summed E-state index contributed by atoms with van der Waals surface area (Å²) in [6, 6.07) is 133. The molecule has 0 saturated heterocycles. The molecular weight excluding hydrogens is 1350 g/mol. The highest BCUT2D eigenvalue weighted by Crippen LogP contribution is 2.51. The lowest BCUT2D eigenvalue weighted by atomic mass is 9.73. The Balaban J connectivity index is 0.000000115. The number of fused-ring (bicyclic) bond motifs is 8. The van der Waals surface area contributed by atoms with Crippen LogP contribution < -0.4 is 5.46 Å². The number of hydrogen-bond donors (Lipinski definition) is 0. The van der Waals surface area contributed by atoms with Crippen LogP contribution in [-0.4, -0.2) is 23.2 Å². The van der Waals surface area contributed by atoms with E-state index < -0.39 is 7.12 Å². The first kappa shape index (κ1) is 63.3. The Kier molecular flexibility index (Phi) is 15.6. The fourth-order valence-corrected chi connectivity index (χ4v) is 17.9. The molecule has 6 heteroatoms. The molecule has 4 radical (unpaired) electrons. The van der Waals surface area contributed by atoms with Crippen LogP contribution in [0, 0.1) is 0 Å². The molecule has 2 nitrogen and oxygen atoms in total. The second-order valence-electron chi connectivity index (χ2n) is 27.7.